The van der Waals surface area contributed by atoms with Crippen LogP contribution < -0.4 is 5.56 Å². The molecule has 1 N–H and O–H groups in total. The van der Waals surface area contributed by atoms with Crippen LogP contribution in [0.15, 0.2) is 64.8 Å². The van der Waals surface area contributed by atoms with Crippen LogP contribution in [0.2, 0.25) is 0 Å². The van der Waals surface area contributed by atoms with Gasteiger partial charge in [0, 0.05) is 16.5 Å². The summed E-state index contributed by atoms with van der Waals surface area (Å²) in [5.41, 5.74) is 1.64. The molecule has 4 aromatic rings. The van der Waals surface area contributed by atoms with Crippen LogP contribution in [-0.2, 0) is 10.3 Å². The average Bonchev–Trinajstić information content (AvgIpc) is 3.13. The van der Waals surface area contributed by atoms with E-state index >= 15 is 0 Å². The third kappa shape index (κ3) is 3.15. The SMILES string of the molecule is Cc1ccc(-c2nc3scc(-c4ccccc4)c3c(=O)n2C(C)(C)C(=O)O)cc1. The Morgan fingerprint density at radius 3 is 2.31 bits per heavy atom. The maximum absolute atomic E-state index is 13.7. The number of carboxylic acid groups (broad SMARTS) is 1. The number of aliphatic carboxylic acids is 1. The molecule has 0 unspecified atom stereocenters. The Morgan fingerprint density at radius 2 is 1.69 bits per heavy atom. The van der Waals surface area contributed by atoms with Crippen LogP contribution in [0.5, 0.6) is 0 Å². The predicted octanol–water partition coefficient (Wildman–Crippen LogP) is 4.92. The first kappa shape index (κ1) is 19.1. The highest BCUT2D eigenvalue weighted by Gasteiger charge is 2.34. The maximum Gasteiger partial charge on any atom is 0.329 e. The fraction of sp³-hybridized carbons (Fsp3) is 0.174. The minimum absolute atomic E-state index is 0.349. The largest absolute Gasteiger partial charge is 0.480 e. The van der Waals surface area contributed by atoms with Crippen LogP contribution in [0.4, 0.5) is 0 Å². The lowest BCUT2D eigenvalue weighted by molar-refractivity contribution is -0.145. The van der Waals surface area contributed by atoms with Crippen molar-refractivity contribution in [2.75, 3.05) is 0 Å². The molecule has 0 spiro atoms. The van der Waals surface area contributed by atoms with E-state index in [4.69, 9.17) is 4.98 Å². The van der Waals surface area contributed by atoms with Gasteiger partial charge in [-0.15, -0.1) is 11.3 Å². The van der Waals surface area contributed by atoms with Crippen LogP contribution in [0.1, 0.15) is 19.4 Å². The maximum atomic E-state index is 13.7. The number of aromatic nitrogens is 2. The second-order valence-electron chi connectivity index (χ2n) is 7.50. The smallest absolute Gasteiger partial charge is 0.329 e. The van der Waals surface area contributed by atoms with Crippen molar-refractivity contribution in [2.24, 2.45) is 0 Å². The first-order valence-electron chi connectivity index (χ1n) is 9.21. The third-order valence-corrected chi connectivity index (χ3v) is 5.96. The highest BCUT2D eigenvalue weighted by molar-refractivity contribution is 7.17. The second kappa shape index (κ2) is 6.97. The topological polar surface area (TPSA) is 72.2 Å². The predicted molar refractivity (Wildman–Crippen MR) is 116 cm³/mol. The molecule has 29 heavy (non-hydrogen) atoms. The van der Waals surface area contributed by atoms with Gasteiger partial charge in [0.05, 0.1) is 5.39 Å². The van der Waals surface area contributed by atoms with Gasteiger partial charge in [-0.3, -0.25) is 9.36 Å². The molecule has 4 rings (SSSR count). The molecular weight excluding hydrogens is 384 g/mol. The van der Waals surface area contributed by atoms with Crippen molar-refractivity contribution in [2.45, 2.75) is 26.3 Å². The Hall–Kier alpha value is -3.25. The lowest BCUT2D eigenvalue weighted by Gasteiger charge is -2.25. The summed E-state index contributed by atoms with van der Waals surface area (Å²) >= 11 is 1.39. The average molecular weight is 404 g/mol. The molecule has 2 aromatic carbocycles. The molecule has 5 nitrogen and oxygen atoms in total. The quantitative estimate of drug-likeness (QED) is 0.524. The molecule has 0 bridgehead atoms. The second-order valence-corrected chi connectivity index (χ2v) is 8.36. The summed E-state index contributed by atoms with van der Waals surface area (Å²) in [6, 6.07) is 17.2. The highest BCUT2D eigenvalue weighted by Crippen LogP contribution is 2.34. The van der Waals surface area contributed by atoms with E-state index in [-0.39, 0.29) is 5.56 Å². The van der Waals surface area contributed by atoms with Gasteiger partial charge in [-0.2, -0.15) is 0 Å². The number of hydrogen-bond donors (Lipinski definition) is 1. The molecule has 2 heterocycles. The number of carboxylic acids is 1. The molecule has 2 aromatic heterocycles. The van der Waals surface area contributed by atoms with Crippen molar-refractivity contribution < 1.29 is 9.90 Å². The number of benzene rings is 2. The minimum Gasteiger partial charge on any atom is -0.480 e. The van der Waals surface area contributed by atoms with E-state index in [0.717, 1.165) is 16.7 Å². The molecular formula is C23H20N2O3S. The van der Waals surface area contributed by atoms with Gasteiger partial charge >= 0.3 is 5.97 Å². The van der Waals surface area contributed by atoms with Crippen molar-refractivity contribution in [3.8, 4) is 22.5 Å². The molecule has 0 fully saturated rings. The molecule has 0 atom stereocenters. The number of thiophene rings is 1. The third-order valence-electron chi connectivity index (χ3n) is 5.08. The van der Waals surface area contributed by atoms with E-state index < -0.39 is 11.5 Å². The fourth-order valence-corrected chi connectivity index (χ4v) is 4.27. The van der Waals surface area contributed by atoms with Crippen molar-refractivity contribution in [3.63, 3.8) is 0 Å². The number of aryl methyl sites for hydroxylation is 1. The lowest BCUT2D eigenvalue weighted by atomic mass is 10.0. The highest BCUT2D eigenvalue weighted by atomic mass is 32.1. The zero-order valence-electron chi connectivity index (χ0n) is 16.3. The standard InChI is InChI=1S/C23H20N2O3S/c1-14-9-11-16(12-10-14)19-24-20-18(21(26)25(19)23(2,3)22(27)28)17(13-29-20)15-7-5-4-6-8-15/h4-13H,1-3H3,(H,27,28). The van der Waals surface area contributed by atoms with E-state index in [0.29, 0.717) is 21.6 Å². The number of nitrogens with zero attached hydrogens (tertiary/aromatic N) is 2. The van der Waals surface area contributed by atoms with E-state index in [2.05, 4.69) is 0 Å². The van der Waals surface area contributed by atoms with E-state index in [9.17, 15) is 14.7 Å². The van der Waals surface area contributed by atoms with Gasteiger partial charge in [0.2, 0.25) is 0 Å². The van der Waals surface area contributed by atoms with Gasteiger partial charge in [-0.05, 0) is 26.3 Å². The molecule has 6 heteroatoms. The van der Waals surface area contributed by atoms with Crippen LogP contribution in [0.25, 0.3) is 32.7 Å². The molecule has 0 saturated carbocycles. The number of hydrogen-bond acceptors (Lipinski definition) is 4. The molecule has 146 valence electrons. The molecule has 0 aliphatic heterocycles. The van der Waals surface area contributed by atoms with Gasteiger partial charge in [0.25, 0.3) is 5.56 Å². The first-order chi connectivity index (χ1) is 13.8. The van der Waals surface area contributed by atoms with Gasteiger partial charge in [0.15, 0.2) is 0 Å². The summed E-state index contributed by atoms with van der Waals surface area (Å²) < 4.78 is 1.31. The van der Waals surface area contributed by atoms with Crippen LogP contribution in [0.3, 0.4) is 0 Å². The Labute approximate surface area is 171 Å². The monoisotopic (exact) mass is 404 g/mol. The molecule has 0 saturated heterocycles. The molecule has 0 amide bonds. The van der Waals surface area contributed by atoms with Gasteiger partial charge in [0.1, 0.15) is 16.2 Å². The summed E-state index contributed by atoms with van der Waals surface area (Å²) in [4.78, 5) is 31.1. The Kier molecular flexibility index (Phi) is 4.59. The molecule has 0 aliphatic carbocycles. The Morgan fingerprint density at radius 1 is 1.03 bits per heavy atom. The lowest BCUT2D eigenvalue weighted by Crippen LogP contribution is -2.44. The van der Waals surface area contributed by atoms with Crippen LogP contribution in [0, 0.1) is 6.92 Å². The summed E-state index contributed by atoms with van der Waals surface area (Å²) in [7, 11) is 0. The Bertz CT molecular complexity index is 1270. The zero-order chi connectivity index (χ0) is 20.8. The number of carbonyl (C=O) groups is 1. The zero-order valence-corrected chi connectivity index (χ0v) is 17.2. The molecule has 0 radical (unpaired) electrons. The summed E-state index contributed by atoms with van der Waals surface area (Å²) in [5, 5.41) is 12.2. The number of rotatable bonds is 4. The Balaban J connectivity index is 2.10. The van der Waals surface area contributed by atoms with Gasteiger partial charge in [-0.1, -0.05) is 60.2 Å². The van der Waals surface area contributed by atoms with Crippen molar-refractivity contribution in [1.29, 1.82) is 0 Å². The van der Waals surface area contributed by atoms with Crippen molar-refractivity contribution in [3.05, 3.63) is 75.9 Å². The van der Waals surface area contributed by atoms with Crippen LogP contribution >= 0.6 is 11.3 Å². The van der Waals surface area contributed by atoms with E-state index in [1.807, 2.05) is 66.9 Å². The summed E-state index contributed by atoms with van der Waals surface area (Å²) in [5.74, 6) is -0.734. The van der Waals surface area contributed by atoms with E-state index in [1.54, 1.807) is 0 Å². The van der Waals surface area contributed by atoms with Crippen molar-refractivity contribution in [1.82, 2.24) is 9.55 Å². The minimum atomic E-state index is -1.46. The van der Waals surface area contributed by atoms with Crippen LogP contribution in [-0.4, -0.2) is 20.6 Å². The van der Waals surface area contributed by atoms with Gasteiger partial charge in [-0.25, -0.2) is 9.78 Å². The summed E-state index contributed by atoms with van der Waals surface area (Å²) in [6.45, 7) is 5.02. The molecule has 0 aliphatic rings. The summed E-state index contributed by atoms with van der Waals surface area (Å²) in [6.07, 6.45) is 0. The first-order valence-corrected chi connectivity index (χ1v) is 10.1. The fourth-order valence-electron chi connectivity index (χ4n) is 3.33. The number of fused-ring (bicyclic) bond motifs is 1. The van der Waals surface area contributed by atoms with E-state index in [1.165, 1.54) is 29.8 Å². The van der Waals surface area contributed by atoms with Gasteiger partial charge < -0.3 is 5.11 Å². The van der Waals surface area contributed by atoms with Crippen molar-refractivity contribution >= 4 is 27.5 Å². The normalized spacial score (nSPS) is 11.7.